The Morgan fingerprint density at radius 3 is 2.59 bits per heavy atom. The van der Waals surface area contributed by atoms with Gasteiger partial charge in [-0.2, -0.15) is 0 Å². The summed E-state index contributed by atoms with van der Waals surface area (Å²) in [6, 6.07) is 0. The molecule has 22 heavy (non-hydrogen) atoms. The summed E-state index contributed by atoms with van der Waals surface area (Å²) in [7, 11) is 0. The third-order valence-corrected chi connectivity index (χ3v) is 4.26. The molecule has 1 aliphatic rings. The molecule has 0 aromatic carbocycles. The molecule has 1 heterocycles. The quantitative estimate of drug-likeness (QED) is 0.368. The minimum Gasteiger partial charge on any atom is -0.382 e. The summed E-state index contributed by atoms with van der Waals surface area (Å²) in [5, 5.41) is 6.79. The number of ether oxygens (including phenoxy) is 1. The van der Waals surface area contributed by atoms with E-state index in [1.807, 2.05) is 6.92 Å². The van der Waals surface area contributed by atoms with Gasteiger partial charge in [-0.25, -0.2) is 0 Å². The van der Waals surface area contributed by atoms with Gasteiger partial charge in [-0.1, -0.05) is 6.92 Å². The van der Waals surface area contributed by atoms with Crippen molar-refractivity contribution in [1.82, 2.24) is 15.5 Å². The molecular formula is C17H36N4O. The summed E-state index contributed by atoms with van der Waals surface area (Å²) in [5.41, 5.74) is 0. The van der Waals surface area contributed by atoms with E-state index in [1.54, 1.807) is 0 Å². The van der Waals surface area contributed by atoms with Crippen LogP contribution in [0.1, 0.15) is 46.5 Å². The first-order valence-corrected chi connectivity index (χ1v) is 9.12. The van der Waals surface area contributed by atoms with Crippen LogP contribution in [-0.4, -0.2) is 63.3 Å². The van der Waals surface area contributed by atoms with Crippen molar-refractivity contribution in [2.24, 2.45) is 10.9 Å². The summed E-state index contributed by atoms with van der Waals surface area (Å²) in [6.07, 6.45) is 4.93. The maximum Gasteiger partial charge on any atom is 0.191 e. The molecule has 5 nitrogen and oxygen atoms in total. The smallest absolute Gasteiger partial charge is 0.191 e. The molecule has 0 unspecified atom stereocenters. The van der Waals surface area contributed by atoms with Crippen LogP contribution in [0.2, 0.25) is 0 Å². The minimum atomic E-state index is 0.791. The summed E-state index contributed by atoms with van der Waals surface area (Å²) in [6.45, 7) is 14.5. The maximum absolute atomic E-state index is 5.34. The number of rotatable bonds is 10. The van der Waals surface area contributed by atoms with Crippen LogP contribution >= 0.6 is 0 Å². The monoisotopic (exact) mass is 312 g/mol. The Balaban J connectivity index is 2.16. The Morgan fingerprint density at radius 2 is 1.95 bits per heavy atom. The van der Waals surface area contributed by atoms with Crippen molar-refractivity contribution in [3.8, 4) is 0 Å². The molecule has 130 valence electrons. The molecule has 1 saturated heterocycles. The molecule has 0 amide bonds. The molecule has 0 aromatic rings. The Morgan fingerprint density at radius 1 is 1.18 bits per heavy atom. The zero-order valence-corrected chi connectivity index (χ0v) is 14.9. The van der Waals surface area contributed by atoms with Crippen molar-refractivity contribution >= 4 is 5.96 Å². The van der Waals surface area contributed by atoms with Gasteiger partial charge in [0.2, 0.25) is 0 Å². The molecule has 0 aliphatic carbocycles. The van der Waals surface area contributed by atoms with Crippen LogP contribution in [0.25, 0.3) is 0 Å². The number of guanidine groups is 1. The molecule has 0 saturated carbocycles. The first kappa shape index (κ1) is 19.2. The molecule has 1 rings (SSSR count). The maximum atomic E-state index is 5.34. The van der Waals surface area contributed by atoms with Crippen LogP contribution < -0.4 is 10.6 Å². The van der Waals surface area contributed by atoms with E-state index in [0.717, 1.165) is 51.1 Å². The standard InChI is InChI=1S/C17H36N4O/c1-4-18-17(19-11-7-15-22-6-3)20-12-8-16-9-13-21(5-2)14-10-16/h16H,4-15H2,1-3H3,(H2,18,19,20). The largest absolute Gasteiger partial charge is 0.382 e. The van der Waals surface area contributed by atoms with Crippen LogP contribution in [0.3, 0.4) is 0 Å². The number of aliphatic imine (C=N–C) groups is 1. The van der Waals surface area contributed by atoms with Gasteiger partial charge < -0.3 is 20.3 Å². The molecule has 0 bridgehead atoms. The molecule has 1 fully saturated rings. The number of nitrogens with one attached hydrogen (secondary N) is 2. The first-order valence-electron chi connectivity index (χ1n) is 9.12. The minimum absolute atomic E-state index is 0.791. The SMILES string of the molecule is CCNC(=NCCCOCC)NCCC1CCN(CC)CC1. The highest BCUT2D eigenvalue weighted by Crippen LogP contribution is 2.19. The average Bonchev–Trinajstić information content (AvgIpc) is 2.55. The number of hydrogen-bond donors (Lipinski definition) is 2. The predicted molar refractivity (Wildman–Crippen MR) is 94.5 cm³/mol. The van der Waals surface area contributed by atoms with Gasteiger partial charge in [0.25, 0.3) is 0 Å². The molecule has 1 aliphatic heterocycles. The summed E-state index contributed by atoms with van der Waals surface area (Å²) in [5.74, 6) is 1.82. The Kier molecular flexibility index (Phi) is 11.1. The Bertz CT molecular complexity index is 288. The average molecular weight is 313 g/mol. The van der Waals surface area contributed by atoms with E-state index < -0.39 is 0 Å². The van der Waals surface area contributed by atoms with Crippen molar-refractivity contribution in [3.05, 3.63) is 0 Å². The summed E-state index contributed by atoms with van der Waals surface area (Å²) in [4.78, 5) is 7.15. The highest BCUT2D eigenvalue weighted by atomic mass is 16.5. The van der Waals surface area contributed by atoms with Crippen LogP contribution in [0, 0.1) is 5.92 Å². The Hall–Kier alpha value is -0.810. The zero-order valence-electron chi connectivity index (χ0n) is 14.9. The van der Waals surface area contributed by atoms with Crippen LogP contribution in [-0.2, 0) is 4.74 Å². The van der Waals surface area contributed by atoms with Gasteiger partial charge in [-0.3, -0.25) is 4.99 Å². The van der Waals surface area contributed by atoms with E-state index in [0.29, 0.717) is 0 Å². The molecule has 5 heteroatoms. The number of nitrogens with zero attached hydrogens (tertiary/aromatic N) is 2. The van der Waals surface area contributed by atoms with E-state index in [2.05, 4.69) is 34.4 Å². The van der Waals surface area contributed by atoms with Crippen molar-refractivity contribution in [1.29, 1.82) is 0 Å². The summed E-state index contributed by atoms with van der Waals surface area (Å²) >= 11 is 0. The van der Waals surface area contributed by atoms with Crippen molar-refractivity contribution < 1.29 is 4.74 Å². The van der Waals surface area contributed by atoms with E-state index in [4.69, 9.17) is 4.74 Å². The second-order valence-electron chi connectivity index (χ2n) is 5.90. The highest BCUT2D eigenvalue weighted by Gasteiger charge is 2.17. The van der Waals surface area contributed by atoms with Gasteiger partial charge in [0.15, 0.2) is 5.96 Å². The topological polar surface area (TPSA) is 48.9 Å². The molecule has 0 radical (unpaired) electrons. The van der Waals surface area contributed by atoms with Gasteiger partial charge in [0, 0.05) is 32.8 Å². The second kappa shape index (κ2) is 12.7. The first-order chi connectivity index (χ1) is 10.8. The van der Waals surface area contributed by atoms with Gasteiger partial charge in [-0.05, 0) is 65.1 Å². The van der Waals surface area contributed by atoms with Gasteiger partial charge >= 0.3 is 0 Å². The van der Waals surface area contributed by atoms with Crippen LogP contribution in [0.4, 0.5) is 0 Å². The molecule has 0 spiro atoms. The van der Waals surface area contributed by atoms with E-state index in [-0.39, 0.29) is 0 Å². The molecular weight excluding hydrogens is 276 g/mol. The third-order valence-electron chi connectivity index (χ3n) is 4.26. The lowest BCUT2D eigenvalue weighted by molar-refractivity contribution is 0.146. The highest BCUT2D eigenvalue weighted by molar-refractivity contribution is 5.79. The predicted octanol–water partition coefficient (Wildman–Crippen LogP) is 2.09. The van der Waals surface area contributed by atoms with E-state index >= 15 is 0 Å². The molecule has 0 atom stereocenters. The molecule has 2 N–H and O–H groups in total. The number of hydrogen-bond acceptors (Lipinski definition) is 3. The van der Waals surface area contributed by atoms with Crippen LogP contribution in [0.15, 0.2) is 4.99 Å². The zero-order chi connectivity index (χ0) is 16.0. The van der Waals surface area contributed by atoms with Crippen molar-refractivity contribution in [2.75, 3.05) is 52.5 Å². The third kappa shape index (κ3) is 8.59. The fourth-order valence-electron chi connectivity index (χ4n) is 2.83. The second-order valence-corrected chi connectivity index (χ2v) is 5.90. The van der Waals surface area contributed by atoms with E-state index in [1.165, 1.54) is 38.9 Å². The van der Waals surface area contributed by atoms with Crippen LogP contribution in [0.5, 0.6) is 0 Å². The normalized spacial score (nSPS) is 17.7. The lowest BCUT2D eigenvalue weighted by atomic mass is 9.93. The fraction of sp³-hybridized carbons (Fsp3) is 0.941. The van der Waals surface area contributed by atoms with Gasteiger partial charge in [-0.15, -0.1) is 0 Å². The lowest BCUT2D eigenvalue weighted by Crippen LogP contribution is -2.39. The van der Waals surface area contributed by atoms with Gasteiger partial charge in [0.05, 0.1) is 0 Å². The number of piperidine rings is 1. The van der Waals surface area contributed by atoms with Crippen molar-refractivity contribution in [2.45, 2.75) is 46.5 Å². The van der Waals surface area contributed by atoms with Crippen molar-refractivity contribution in [3.63, 3.8) is 0 Å². The lowest BCUT2D eigenvalue weighted by Gasteiger charge is -2.31. The van der Waals surface area contributed by atoms with Gasteiger partial charge in [0.1, 0.15) is 0 Å². The summed E-state index contributed by atoms with van der Waals surface area (Å²) < 4.78 is 5.34. The van der Waals surface area contributed by atoms with E-state index in [9.17, 15) is 0 Å². The Labute approximate surface area is 136 Å². The number of likely N-dealkylation sites (tertiary alicyclic amines) is 1. The molecule has 0 aromatic heterocycles. The fourth-order valence-corrected chi connectivity index (χ4v) is 2.83.